The molecule has 3 heterocycles. The minimum absolute atomic E-state index is 0.0790. The molecule has 0 aliphatic heterocycles. The Kier molecular flexibility index (Phi) is 5.52. The summed E-state index contributed by atoms with van der Waals surface area (Å²) in [5, 5.41) is 13.8. The van der Waals surface area contributed by atoms with Crippen LogP contribution in [0.15, 0.2) is 30.6 Å². The molecule has 0 spiro atoms. The zero-order chi connectivity index (χ0) is 22.1. The Morgan fingerprint density at radius 3 is 2.81 bits per heavy atom. The second-order valence-corrected chi connectivity index (χ2v) is 8.22. The van der Waals surface area contributed by atoms with Crippen LogP contribution in [0, 0.1) is 0 Å². The Labute approximate surface area is 185 Å². The molecular formula is C22H27N7O3. The summed E-state index contributed by atoms with van der Waals surface area (Å²) in [7, 11) is 3.52. The zero-order valence-electron chi connectivity index (χ0n) is 18.2. The van der Waals surface area contributed by atoms with Crippen LogP contribution >= 0.6 is 0 Å². The van der Waals surface area contributed by atoms with Crippen LogP contribution in [-0.4, -0.2) is 57.9 Å². The van der Waals surface area contributed by atoms with Crippen LogP contribution in [0.25, 0.3) is 5.65 Å². The molecule has 3 aromatic heterocycles. The van der Waals surface area contributed by atoms with Crippen LogP contribution in [-0.2, 0) is 4.74 Å². The van der Waals surface area contributed by atoms with Crippen LogP contribution in [0.4, 0.5) is 17.3 Å². The molecule has 0 saturated heterocycles. The SMILES string of the molecule is CNc1cc(Nc2cccnc2O[C@H]2C[C@@H](OC)C2)nc2c(C(=O)NC3CCC3)cnn12. The summed E-state index contributed by atoms with van der Waals surface area (Å²) < 4.78 is 13.0. The maximum absolute atomic E-state index is 12.8. The van der Waals surface area contributed by atoms with Crippen molar-refractivity contribution in [2.24, 2.45) is 0 Å². The highest BCUT2D eigenvalue weighted by atomic mass is 16.5. The van der Waals surface area contributed by atoms with E-state index in [1.807, 2.05) is 18.2 Å². The number of ether oxygens (including phenoxy) is 2. The van der Waals surface area contributed by atoms with E-state index in [2.05, 4.69) is 31.0 Å². The summed E-state index contributed by atoms with van der Waals surface area (Å²) in [5.41, 5.74) is 1.62. The number of aromatic nitrogens is 4. The lowest BCUT2D eigenvalue weighted by atomic mass is 9.92. The van der Waals surface area contributed by atoms with E-state index >= 15 is 0 Å². The normalized spacial score (nSPS) is 20.3. The van der Waals surface area contributed by atoms with Gasteiger partial charge in [-0.3, -0.25) is 4.79 Å². The van der Waals surface area contributed by atoms with Gasteiger partial charge in [-0.2, -0.15) is 9.61 Å². The van der Waals surface area contributed by atoms with Crippen molar-refractivity contribution < 1.29 is 14.3 Å². The molecule has 0 bridgehead atoms. The van der Waals surface area contributed by atoms with Crippen LogP contribution in [0.3, 0.4) is 0 Å². The molecule has 1 amide bonds. The first kappa shape index (κ1) is 20.5. The summed E-state index contributed by atoms with van der Waals surface area (Å²) in [6, 6.07) is 5.79. The van der Waals surface area contributed by atoms with E-state index < -0.39 is 0 Å². The Balaban J connectivity index is 1.41. The second-order valence-electron chi connectivity index (χ2n) is 8.22. The third kappa shape index (κ3) is 3.93. The first-order valence-electron chi connectivity index (χ1n) is 10.9. The predicted molar refractivity (Wildman–Crippen MR) is 120 cm³/mol. The fourth-order valence-electron chi connectivity index (χ4n) is 3.86. The number of nitrogens with one attached hydrogen (secondary N) is 3. The van der Waals surface area contributed by atoms with Gasteiger partial charge in [0, 0.05) is 45.3 Å². The smallest absolute Gasteiger partial charge is 0.256 e. The van der Waals surface area contributed by atoms with Gasteiger partial charge in [-0.1, -0.05) is 0 Å². The minimum atomic E-state index is -0.153. The van der Waals surface area contributed by atoms with Gasteiger partial charge in [-0.25, -0.2) is 9.97 Å². The quantitative estimate of drug-likeness (QED) is 0.493. The van der Waals surface area contributed by atoms with Crippen molar-refractivity contribution in [1.82, 2.24) is 24.9 Å². The molecule has 0 aromatic carbocycles. The standard InChI is InChI=1S/C22H27N7O3/c1-23-19-11-18(27-17-7-4-8-24-22(17)32-15-9-14(10-15)31-2)28-20-16(12-25-29(19)20)21(30)26-13-5-3-6-13/h4,7-8,11-15,23H,3,5-6,9-10H2,1-2H3,(H,26,30)(H,27,28)/t14-,15+. The molecule has 32 heavy (non-hydrogen) atoms. The number of pyridine rings is 1. The molecule has 2 aliphatic rings. The molecule has 2 fully saturated rings. The fraction of sp³-hybridized carbons (Fsp3) is 0.455. The summed E-state index contributed by atoms with van der Waals surface area (Å²) >= 11 is 0. The topological polar surface area (TPSA) is 115 Å². The van der Waals surface area contributed by atoms with E-state index in [1.54, 1.807) is 31.1 Å². The molecule has 0 radical (unpaired) electrons. The fourth-order valence-corrected chi connectivity index (χ4v) is 3.86. The van der Waals surface area contributed by atoms with Crippen LogP contribution in [0.5, 0.6) is 5.88 Å². The lowest BCUT2D eigenvalue weighted by Crippen LogP contribution is -2.39. The number of fused-ring (bicyclic) bond motifs is 1. The number of carbonyl (C=O) groups excluding carboxylic acids is 1. The van der Waals surface area contributed by atoms with Crippen LogP contribution in [0.2, 0.25) is 0 Å². The highest BCUT2D eigenvalue weighted by Gasteiger charge is 2.31. The summed E-state index contributed by atoms with van der Waals surface area (Å²) in [5.74, 6) is 1.62. The monoisotopic (exact) mass is 437 g/mol. The number of amides is 1. The Morgan fingerprint density at radius 2 is 2.09 bits per heavy atom. The van der Waals surface area contributed by atoms with Gasteiger partial charge >= 0.3 is 0 Å². The van der Waals surface area contributed by atoms with E-state index in [4.69, 9.17) is 9.47 Å². The van der Waals surface area contributed by atoms with E-state index in [1.165, 1.54) is 0 Å². The Morgan fingerprint density at radius 1 is 1.25 bits per heavy atom. The minimum Gasteiger partial charge on any atom is -0.473 e. The van der Waals surface area contributed by atoms with Gasteiger partial charge in [0.05, 0.1) is 12.3 Å². The molecule has 168 valence electrons. The third-order valence-electron chi connectivity index (χ3n) is 6.11. The molecule has 0 atom stereocenters. The van der Waals surface area contributed by atoms with Crippen molar-refractivity contribution in [2.75, 3.05) is 24.8 Å². The number of nitrogens with zero attached hydrogens (tertiary/aromatic N) is 4. The molecular weight excluding hydrogens is 410 g/mol. The Bertz CT molecular complexity index is 1120. The average Bonchev–Trinajstić information content (AvgIpc) is 3.17. The lowest BCUT2D eigenvalue weighted by molar-refractivity contribution is -0.0393. The number of rotatable bonds is 8. The summed E-state index contributed by atoms with van der Waals surface area (Å²) in [6.07, 6.45) is 8.45. The largest absolute Gasteiger partial charge is 0.473 e. The highest BCUT2D eigenvalue weighted by molar-refractivity contribution is 6.00. The number of anilines is 3. The lowest BCUT2D eigenvalue weighted by Gasteiger charge is -2.34. The maximum atomic E-state index is 12.8. The van der Waals surface area contributed by atoms with Gasteiger partial charge in [-0.15, -0.1) is 0 Å². The van der Waals surface area contributed by atoms with Gasteiger partial charge < -0.3 is 25.4 Å². The highest BCUT2D eigenvalue weighted by Crippen LogP contribution is 2.32. The van der Waals surface area contributed by atoms with Crippen molar-refractivity contribution in [3.05, 3.63) is 36.2 Å². The second kappa shape index (κ2) is 8.62. The van der Waals surface area contributed by atoms with E-state index in [0.29, 0.717) is 34.4 Å². The van der Waals surface area contributed by atoms with Crippen LogP contribution < -0.4 is 20.7 Å². The van der Waals surface area contributed by atoms with Crippen molar-refractivity contribution in [2.45, 2.75) is 50.4 Å². The molecule has 3 N–H and O–H groups in total. The van der Waals surface area contributed by atoms with Gasteiger partial charge in [0.25, 0.3) is 5.91 Å². The van der Waals surface area contributed by atoms with Gasteiger partial charge in [0.2, 0.25) is 5.88 Å². The van der Waals surface area contributed by atoms with Crippen molar-refractivity contribution in [3.63, 3.8) is 0 Å². The number of hydrogen-bond acceptors (Lipinski definition) is 8. The van der Waals surface area contributed by atoms with Crippen LogP contribution in [0.1, 0.15) is 42.5 Å². The van der Waals surface area contributed by atoms with E-state index in [9.17, 15) is 4.79 Å². The van der Waals surface area contributed by atoms with Gasteiger partial charge in [-0.05, 0) is 31.4 Å². The molecule has 10 heteroatoms. The zero-order valence-corrected chi connectivity index (χ0v) is 18.2. The number of methoxy groups -OCH3 is 1. The summed E-state index contributed by atoms with van der Waals surface area (Å²) in [4.78, 5) is 21.8. The molecule has 3 aromatic rings. The summed E-state index contributed by atoms with van der Waals surface area (Å²) in [6.45, 7) is 0. The molecule has 5 rings (SSSR count). The molecule has 10 nitrogen and oxygen atoms in total. The Hall–Kier alpha value is -3.40. The van der Waals surface area contributed by atoms with Crippen molar-refractivity contribution in [1.29, 1.82) is 0 Å². The number of hydrogen-bond donors (Lipinski definition) is 3. The predicted octanol–water partition coefficient (Wildman–Crippen LogP) is 2.75. The first-order valence-corrected chi connectivity index (χ1v) is 10.9. The number of carbonyl (C=O) groups is 1. The first-order chi connectivity index (χ1) is 15.6. The van der Waals surface area contributed by atoms with Crippen molar-refractivity contribution in [3.8, 4) is 5.88 Å². The van der Waals surface area contributed by atoms with Gasteiger partial charge in [0.15, 0.2) is 5.65 Å². The average molecular weight is 438 g/mol. The molecule has 2 saturated carbocycles. The van der Waals surface area contributed by atoms with Crippen molar-refractivity contribution >= 4 is 28.9 Å². The van der Waals surface area contributed by atoms with E-state index in [-0.39, 0.29) is 24.2 Å². The third-order valence-corrected chi connectivity index (χ3v) is 6.11. The molecule has 0 unspecified atom stereocenters. The molecule has 2 aliphatic carbocycles. The maximum Gasteiger partial charge on any atom is 0.256 e. The van der Waals surface area contributed by atoms with Gasteiger partial charge in [0.1, 0.15) is 29.0 Å². The van der Waals surface area contributed by atoms with E-state index in [0.717, 1.165) is 32.1 Å².